The number of hydrogen-bond acceptors (Lipinski definition) is 4. The van der Waals surface area contributed by atoms with E-state index in [0.717, 1.165) is 38.3 Å². The largest absolute Gasteiger partial charge is 0.395 e. The van der Waals surface area contributed by atoms with Crippen LogP contribution in [-0.2, 0) is 11.3 Å². The fourth-order valence-corrected chi connectivity index (χ4v) is 2.37. The highest BCUT2D eigenvalue weighted by molar-refractivity contribution is 5.78. The fourth-order valence-electron chi connectivity index (χ4n) is 2.37. The summed E-state index contributed by atoms with van der Waals surface area (Å²) in [5.74, 6) is 0.0736. The van der Waals surface area contributed by atoms with E-state index in [0.29, 0.717) is 13.1 Å². The van der Waals surface area contributed by atoms with Gasteiger partial charge in [-0.2, -0.15) is 0 Å². The molecule has 0 atom stereocenters. The Balaban J connectivity index is 1.65. The van der Waals surface area contributed by atoms with Crippen LogP contribution in [0.1, 0.15) is 5.56 Å². The van der Waals surface area contributed by atoms with E-state index < -0.39 is 0 Å². The summed E-state index contributed by atoms with van der Waals surface area (Å²) in [6.45, 7) is 5.60. The molecule has 2 rings (SSSR count). The summed E-state index contributed by atoms with van der Waals surface area (Å²) < 4.78 is 0. The summed E-state index contributed by atoms with van der Waals surface area (Å²) in [6.07, 6.45) is 0. The molecule has 1 aliphatic heterocycles. The van der Waals surface area contributed by atoms with Crippen molar-refractivity contribution in [3.8, 4) is 0 Å². The topological polar surface area (TPSA) is 55.8 Å². The summed E-state index contributed by atoms with van der Waals surface area (Å²) in [7, 11) is 0. The lowest BCUT2D eigenvalue weighted by molar-refractivity contribution is -0.122. The molecule has 1 aliphatic rings. The number of rotatable bonds is 6. The first kappa shape index (κ1) is 15.0. The minimum atomic E-state index is 0.0736. The Hall–Kier alpha value is -1.43. The maximum atomic E-state index is 11.9. The molecule has 2 N–H and O–H groups in total. The maximum absolute atomic E-state index is 11.9. The van der Waals surface area contributed by atoms with Crippen LogP contribution in [0.2, 0.25) is 0 Å². The lowest BCUT2D eigenvalue weighted by Crippen LogP contribution is -2.49. The monoisotopic (exact) mass is 277 g/mol. The summed E-state index contributed by atoms with van der Waals surface area (Å²) >= 11 is 0. The lowest BCUT2D eigenvalue weighted by Gasteiger charge is -2.33. The number of aliphatic hydroxyl groups excluding tert-OH is 1. The first-order chi connectivity index (χ1) is 9.78. The number of nitrogens with zero attached hydrogens (tertiary/aromatic N) is 2. The van der Waals surface area contributed by atoms with E-state index in [1.807, 2.05) is 30.3 Å². The quantitative estimate of drug-likeness (QED) is 0.763. The molecule has 1 saturated heterocycles. The van der Waals surface area contributed by atoms with Crippen molar-refractivity contribution in [1.29, 1.82) is 0 Å². The third-order valence-electron chi connectivity index (χ3n) is 3.58. The minimum absolute atomic E-state index is 0.0736. The molecule has 0 radical (unpaired) electrons. The maximum Gasteiger partial charge on any atom is 0.234 e. The normalized spacial score (nSPS) is 17.1. The van der Waals surface area contributed by atoms with Crippen LogP contribution >= 0.6 is 0 Å². The molecule has 20 heavy (non-hydrogen) atoms. The van der Waals surface area contributed by atoms with E-state index in [-0.39, 0.29) is 12.5 Å². The van der Waals surface area contributed by atoms with Crippen molar-refractivity contribution in [3.63, 3.8) is 0 Å². The number of hydrogen-bond donors (Lipinski definition) is 2. The summed E-state index contributed by atoms with van der Waals surface area (Å²) in [4.78, 5) is 16.3. The zero-order valence-corrected chi connectivity index (χ0v) is 11.8. The standard InChI is InChI=1S/C15H23N3O2/c19-11-10-17-6-8-18(9-7-17)13-15(20)16-12-14-4-2-1-3-5-14/h1-5,19H,6-13H2,(H,16,20). The van der Waals surface area contributed by atoms with Crippen LogP contribution in [0, 0.1) is 0 Å². The smallest absolute Gasteiger partial charge is 0.234 e. The highest BCUT2D eigenvalue weighted by Crippen LogP contribution is 2.01. The van der Waals surface area contributed by atoms with Gasteiger partial charge in [-0.3, -0.25) is 14.6 Å². The molecule has 1 aromatic rings. The third-order valence-corrected chi connectivity index (χ3v) is 3.58. The number of aliphatic hydroxyl groups is 1. The second-order valence-corrected chi connectivity index (χ2v) is 5.10. The average molecular weight is 277 g/mol. The zero-order valence-electron chi connectivity index (χ0n) is 11.8. The molecule has 5 heteroatoms. The Morgan fingerprint density at radius 2 is 1.75 bits per heavy atom. The van der Waals surface area contributed by atoms with E-state index in [4.69, 9.17) is 5.11 Å². The molecule has 1 heterocycles. The van der Waals surface area contributed by atoms with Gasteiger partial charge in [0.05, 0.1) is 13.2 Å². The van der Waals surface area contributed by atoms with Gasteiger partial charge in [0.15, 0.2) is 0 Å². The average Bonchev–Trinajstić information content (AvgIpc) is 2.49. The second kappa shape index (κ2) is 7.99. The van der Waals surface area contributed by atoms with Crippen molar-refractivity contribution in [2.75, 3.05) is 45.9 Å². The van der Waals surface area contributed by atoms with Gasteiger partial charge < -0.3 is 10.4 Å². The van der Waals surface area contributed by atoms with Gasteiger partial charge in [0.1, 0.15) is 0 Å². The molecule has 0 bridgehead atoms. The SMILES string of the molecule is O=C(CN1CCN(CCO)CC1)NCc1ccccc1. The van der Waals surface area contributed by atoms with Crippen molar-refractivity contribution in [1.82, 2.24) is 15.1 Å². The van der Waals surface area contributed by atoms with Gasteiger partial charge >= 0.3 is 0 Å². The van der Waals surface area contributed by atoms with Crippen LogP contribution in [-0.4, -0.2) is 66.7 Å². The molecule has 0 aromatic heterocycles. The molecule has 0 saturated carbocycles. The summed E-state index contributed by atoms with van der Waals surface area (Å²) in [6, 6.07) is 9.93. The first-order valence-corrected chi connectivity index (χ1v) is 7.14. The molecular formula is C15H23N3O2. The van der Waals surface area contributed by atoms with Gasteiger partial charge in [0, 0.05) is 39.3 Å². The van der Waals surface area contributed by atoms with E-state index in [1.54, 1.807) is 0 Å². The molecule has 1 fully saturated rings. The van der Waals surface area contributed by atoms with Crippen molar-refractivity contribution in [2.24, 2.45) is 0 Å². The fraction of sp³-hybridized carbons (Fsp3) is 0.533. The molecule has 1 aromatic carbocycles. The molecule has 1 amide bonds. The number of piperazine rings is 1. The predicted octanol–water partition coefficient (Wildman–Crippen LogP) is -0.0873. The van der Waals surface area contributed by atoms with Crippen LogP contribution in [0.15, 0.2) is 30.3 Å². The highest BCUT2D eigenvalue weighted by Gasteiger charge is 2.18. The third kappa shape index (κ3) is 4.92. The Bertz CT molecular complexity index is 403. The highest BCUT2D eigenvalue weighted by atomic mass is 16.3. The van der Waals surface area contributed by atoms with Gasteiger partial charge in [-0.25, -0.2) is 0 Å². The summed E-state index contributed by atoms with van der Waals surface area (Å²) in [5, 5.41) is 11.8. The van der Waals surface area contributed by atoms with E-state index >= 15 is 0 Å². The number of β-amino-alcohol motifs (C(OH)–C–C–N with tert-alkyl or cyclic N) is 1. The molecule has 0 unspecified atom stereocenters. The van der Waals surface area contributed by atoms with Crippen LogP contribution in [0.4, 0.5) is 0 Å². The Morgan fingerprint density at radius 1 is 1.10 bits per heavy atom. The zero-order chi connectivity index (χ0) is 14.2. The van der Waals surface area contributed by atoms with E-state index in [9.17, 15) is 4.79 Å². The van der Waals surface area contributed by atoms with Crippen LogP contribution in [0.25, 0.3) is 0 Å². The number of carbonyl (C=O) groups excluding carboxylic acids is 1. The van der Waals surface area contributed by atoms with Crippen molar-refractivity contribution >= 4 is 5.91 Å². The van der Waals surface area contributed by atoms with Crippen molar-refractivity contribution < 1.29 is 9.90 Å². The van der Waals surface area contributed by atoms with Gasteiger partial charge in [-0.05, 0) is 5.56 Å². The van der Waals surface area contributed by atoms with E-state index in [2.05, 4.69) is 15.1 Å². The van der Waals surface area contributed by atoms with Crippen molar-refractivity contribution in [3.05, 3.63) is 35.9 Å². The first-order valence-electron chi connectivity index (χ1n) is 7.14. The minimum Gasteiger partial charge on any atom is -0.395 e. The Kier molecular flexibility index (Phi) is 5.98. The molecule has 110 valence electrons. The molecular weight excluding hydrogens is 254 g/mol. The number of carbonyl (C=O) groups is 1. The number of amides is 1. The lowest BCUT2D eigenvalue weighted by atomic mass is 10.2. The number of benzene rings is 1. The van der Waals surface area contributed by atoms with Crippen LogP contribution < -0.4 is 5.32 Å². The van der Waals surface area contributed by atoms with Crippen molar-refractivity contribution in [2.45, 2.75) is 6.54 Å². The van der Waals surface area contributed by atoms with Gasteiger partial charge in [0.2, 0.25) is 5.91 Å². The van der Waals surface area contributed by atoms with Gasteiger partial charge in [-0.15, -0.1) is 0 Å². The Labute approximate surface area is 120 Å². The second-order valence-electron chi connectivity index (χ2n) is 5.10. The van der Waals surface area contributed by atoms with Gasteiger partial charge in [-0.1, -0.05) is 30.3 Å². The number of nitrogens with one attached hydrogen (secondary N) is 1. The van der Waals surface area contributed by atoms with Gasteiger partial charge in [0.25, 0.3) is 0 Å². The summed E-state index contributed by atoms with van der Waals surface area (Å²) in [5.41, 5.74) is 1.12. The van der Waals surface area contributed by atoms with E-state index in [1.165, 1.54) is 0 Å². The van der Waals surface area contributed by atoms with Crippen LogP contribution in [0.3, 0.4) is 0 Å². The molecule has 0 spiro atoms. The molecule has 0 aliphatic carbocycles. The van der Waals surface area contributed by atoms with Crippen LogP contribution in [0.5, 0.6) is 0 Å². The molecule has 5 nitrogen and oxygen atoms in total. The predicted molar refractivity (Wildman–Crippen MR) is 78.3 cm³/mol. The Morgan fingerprint density at radius 3 is 2.40 bits per heavy atom.